The number of rotatable bonds is 6. The second-order valence-electron chi connectivity index (χ2n) is 6.42. The van der Waals surface area contributed by atoms with Crippen molar-refractivity contribution in [1.29, 1.82) is 4.78 Å². The zero-order valence-corrected chi connectivity index (χ0v) is 17.0. The molecule has 0 radical (unpaired) electrons. The van der Waals surface area contributed by atoms with Crippen LogP contribution in [0, 0.1) is 23.3 Å². The van der Waals surface area contributed by atoms with Crippen LogP contribution >= 0.6 is 11.6 Å². The van der Waals surface area contributed by atoms with Crippen LogP contribution in [0.4, 0.5) is 14.6 Å². The molecule has 29 heavy (non-hydrogen) atoms. The van der Waals surface area contributed by atoms with Crippen molar-refractivity contribution in [3.8, 4) is 0 Å². The summed E-state index contributed by atoms with van der Waals surface area (Å²) in [6, 6.07) is 5.92. The maximum Gasteiger partial charge on any atom is 0.159 e. The Morgan fingerprint density at radius 3 is 2.52 bits per heavy atom. The lowest BCUT2D eigenvalue weighted by Crippen LogP contribution is -2.16. The molecule has 1 aromatic carbocycles. The van der Waals surface area contributed by atoms with Gasteiger partial charge in [0.05, 0.1) is 32.7 Å². The molecule has 3 aromatic rings. The summed E-state index contributed by atoms with van der Waals surface area (Å²) in [4.78, 5) is 11.2. The zero-order valence-electron chi connectivity index (χ0n) is 15.5. The average molecular weight is 442 g/mol. The predicted molar refractivity (Wildman–Crippen MR) is 105 cm³/mol. The minimum absolute atomic E-state index is 0.0849. The van der Waals surface area contributed by atoms with E-state index in [1.165, 1.54) is 43.5 Å². The number of pyridine rings is 1. The molecule has 2 heterocycles. The van der Waals surface area contributed by atoms with Crippen LogP contribution in [0.25, 0.3) is 0 Å². The fourth-order valence-corrected chi connectivity index (χ4v) is 3.80. The molecule has 154 valence electrons. The minimum atomic E-state index is -3.22. The lowest BCUT2D eigenvalue weighted by atomic mass is 10.1. The Bertz CT molecular complexity index is 1170. The topological polar surface area (TPSA) is 115 Å². The number of benzene rings is 1. The molecule has 0 saturated carbocycles. The quantitative estimate of drug-likeness (QED) is 0.464. The number of halogens is 3. The molecule has 0 aliphatic carbocycles. The Balaban J connectivity index is 2.13. The van der Waals surface area contributed by atoms with E-state index in [0.29, 0.717) is 11.4 Å². The Hall–Kier alpha value is -2.56. The SMILES string of the molecule is Cc1nc(N[C@@H](c2ccc(F)c(Cl)c2)c2nc([S@@](C)(=N)=O)c(CO)[nH]2)ccc1F. The maximum absolute atomic E-state index is 13.6. The smallest absolute Gasteiger partial charge is 0.159 e. The number of imidazole rings is 1. The van der Waals surface area contributed by atoms with Crippen LogP contribution < -0.4 is 5.32 Å². The fourth-order valence-electron chi connectivity index (χ4n) is 2.75. The molecule has 0 spiro atoms. The van der Waals surface area contributed by atoms with Gasteiger partial charge in [0.2, 0.25) is 0 Å². The lowest BCUT2D eigenvalue weighted by molar-refractivity contribution is 0.274. The number of aliphatic hydroxyl groups is 1. The predicted octanol–water partition coefficient (Wildman–Crippen LogP) is 3.77. The summed E-state index contributed by atoms with van der Waals surface area (Å²) in [7, 11) is -3.22. The molecule has 7 nitrogen and oxygen atoms in total. The molecule has 3 rings (SSSR count). The van der Waals surface area contributed by atoms with E-state index in [1.807, 2.05) is 0 Å². The second-order valence-corrected chi connectivity index (χ2v) is 8.90. The highest BCUT2D eigenvalue weighted by Crippen LogP contribution is 2.29. The second kappa shape index (κ2) is 8.05. The molecule has 0 fully saturated rings. The van der Waals surface area contributed by atoms with E-state index in [4.69, 9.17) is 16.4 Å². The van der Waals surface area contributed by atoms with E-state index < -0.39 is 34.0 Å². The molecule has 0 aliphatic heterocycles. The van der Waals surface area contributed by atoms with E-state index in [1.54, 1.807) is 0 Å². The van der Waals surface area contributed by atoms with Gasteiger partial charge in [-0.15, -0.1) is 0 Å². The fraction of sp³-hybridized carbons (Fsp3) is 0.222. The molecular weight excluding hydrogens is 424 g/mol. The normalized spacial score (nSPS) is 14.4. The number of anilines is 1. The molecule has 0 unspecified atom stereocenters. The molecule has 0 saturated heterocycles. The molecule has 2 aromatic heterocycles. The van der Waals surface area contributed by atoms with Gasteiger partial charge in [0.1, 0.15) is 29.3 Å². The van der Waals surface area contributed by atoms with Crippen LogP contribution in [0.2, 0.25) is 5.02 Å². The summed E-state index contributed by atoms with van der Waals surface area (Å²) in [5.74, 6) is -0.568. The van der Waals surface area contributed by atoms with E-state index in [9.17, 15) is 18.1 Å². The summed E-state index contributed by atoms with van der Waals surface area (Å²) in [5.41, 5.74) is 0.785. The Labute approximate surface area is 171 Å². The third-order valence-corrected chi connectivity index (χ3v) is 5.52. The van der Waals surface area contributed by atoms with Crippen LogP contribution in [-0.4, -0.2) is 30.5 Å². The number of nitrogens with one attached hydrogen (secondary N) is 3. The van der Waals surface area contributed by atoms with Crippen molar-refractivity contribution in [1.82, 2.24) is 15.0 Å². The molecule has 4 N–H and O–H groups in total. The molecule has 0 bridgehead atoms. The van der Waals surface area contributed by atoms with Gasteiger partial charge >= 0.3 is 0 Å². The van der Waals surface area contributed by atoms with Crippen molar-refractivity contribution < 1.29 is 18.1 Å². The van der Waals surface area contributed by atoms with Crippen LogP contribution in [0.15, 0.2) is 35.4 Å². The van der Waals surface area contributed by atoms with E-state index in [0.717, 1.165) is 0 Å². The van der Waals surface area contributed by atoms with Gasteiger partial charge in [0, 0.05) is 6.26 Å². The average Bonchev–Trinajstić information content (AvgIpc) is 3.09. The highest BCUT2D eigenvalue weighted by Gasteiger charge is 2.24. The summed E-state index contributed by atoms with van der Waals surface area (Å²) >= 11 is 5.92. The number of hydrogen-bond donors (Lipinski definition) is 4. The summed E-state index contributed by atoms with van der Waals surface area (Å²) in [6.07, 6.45) is 1.19. The Morgan fingerprint density at radius 1 is 1.28 bits per heavy atom. The van der Waals surface area contributed by atoms with Gasteiger partial charge in [-0.3, -0.25) is 0 Å². The number of nitrogens with zero attached hydrogens (tertiary/aromatic N) is 2. The Morgan fingerprint density at radius 2 is 1.97 bits per heavy atom. The van der Waals surface area contributed by atoms with Crippen LogP contribution in [0.1, 0.15) is 28.8 Å². The first-order valence-electron chi connectivity index (χ1n) is 8.38. The lowest BCUT2D eigenvalue weighted by Gasteiger charge is -2.19. The number of aliphatic hydroxyl groups excluding tert-OH is 1. The standard InChI is InChI=1S/C18H18ClF2N5O2S/c1-9-12(20)5-6-15(23-9)25-16(10-3-4-13(21)11(19)7-10)17-24-14(8-27)18(26-17)29(2,22)28/h3-7,16,22,27H,8H2,1-2H3,(H,23,25)(H,24,26)/t16-,29-/m0/s1. The van der Waals surface area contributed by atoms with Crippen LogP contribution in [0.3, 0.4) is 0 Å². The van der Waals surface area contributed by atoms with E-state index >= 15 is 0 Å². The van der Waals surface area contributed by atoms with Crippen molar-refractivity contribution in [2.75, 3.05) is 11.6 Å². The van der Waals surface area contributed by atoms with Crippen molar-refractivity contribution >= 4 is 27.1 Å². The first-order chi connectivity index (χ1) is 13.6. The van der Waals surface area contributed by atoms with Crippen LogP contribution in [-0.2, 0) is 16.3 Å². The van der Waals surface area contributed by atoms with Crippen molar-refractivity contribution in [2.24, 2.45) is 0 Å². The largest absolute Gasteiger partial charge is 0.390 e. The number of aromatic nitrogens is 3. The summed E-state index contributed by atoms with van der Waals surface area (Å²) < 4.78 is 47.2. The van der Waals surface area contributed by atoms with Gasteiger partial charge in [0.15, 0.2) is 5.03 Å². The first kappa shape index (κ1) is 21.2. The van der Waals surface area contributed by atoms with Gasteiger partial charge in [-0.1, -0.05) is 17.7 Å². The van der Waals surface area contributed by atoms with Gasteiger partial charge < -0.3 is 15.4 Å². The van der Waals surface area contributed by atoms with Gasteiger partial charge in [-0.2, -0.15) is 0 Å². The maximum atomic E-state index is 13.6. The van der Waals surface area contributed by atoms with Gasteiger partial charge in [-0.25, -0.2) is 27.7 Å². The van der Waals surface area contributed by atoms with Gasteiger partial charge in [-0.05, 0) is 36.8 Å². The highest BCUT2D eigenvalue weighted by atomic mass is 35.5. The minimum Gasteiger partial charge on any atom is -0.390 e. The summed E-state index contributed by atoms with van der Waals surface area (Å²) in [5, 5.41) is 12.4. The highest BCUT2D eigenvalue weighted by molar-refractivity contribution is 7.91. The Kier molecular flexibility index (Phi) is 5.87. The number of hydrogen-bond acceptors (Lipinski definition) is 6. The third-order valence-electron chi connectivity index (χ3n) is 4.15. The van der Waals surface area contributed by atoms with Crippen molar-refractivity contribution in [3.05, 3.63) is 69.8 Å². The summed E-state index contributed by atoms with van der Waals surface area (Å²) in [6.45, 7) is 1.00. The molecule has 2 atom stereocenters. The zero-order chi connectivity index (χ0) is 21.3. The van der Waals surface area contributed by atoms with E-state index in [2.05, 4.69) is 20.3 Å². The molecule has 0 amide bonds. The third kappa shape index (κ3) is 4.55. The van der Waals surface area contributed by atoms with E-state index in [-0.39, 0.29) is 27.3 Å². The number of aromatic amines is 1. The van der Waals surface area contributed by atoms with Crippen molar-refractivity contribution in [2.45, 2.75) is 24.6 Å². The number of aryl methyl sites for hydroxylation is 1. The number of H-pyrrole nitrogens is 1. The molecule has 11 heteroatoms. The molecular formula is C18H18ClF2N5O2S. The van der Waals surface area contributed by atoms with Crippen LogP contribution in [0.5, 0.6) is 0 Å². The van der Waals surface area contributed by atoms with Crippen molar-refractivity contribution in [3.63, 3.8) is 0 Å². The van der Waals surface area contributed by atoms with Gasteiger partial charge in [0.25, 0.3) is 0 Å². The monoisotopic (exact) mass is 441 g/mol. The molecule has 0 aliphatic rings. The first-order valence-corrected chi connectivity index (χ1v) is 10.7.